The fraction of sp³-hybridized carbons (Fsp3) is 0.207. The van der Waals surface area contributed by atoms with E-state index in [9.17, 15) is 4.79 Å². The smallest absolute Gasteiger partial charge is 0.258 e. The monoisotopic (exact) mass is 484 g/mol. The molecule has 2 heterocycles. The van der Waals surface area contributed by atoms with Gasteiger partial charge in [0.25, 0.3) is 5.91 Å². The molecule has 1 aromatic heterocycles. The average Bonchev–Trinajstić information content (AvgIpc) is 3.38. The summed E-state index contributed by atoms with van der Waals surface area (Å²) in [6.07, 6.45) is 1.30. The van der Waals surface area contributed by atoms with E-state index in [4.69, 9.17) is 9.15 Å². The summed E-state index contributed by atoms with van der Waals surface area (Å²) in [5.41, 5.74) is 6.12. The Morgan fingerprint density at radius 1 is 1.00 bits per heavy atom. The summed E-state index contributed by atoms with van der Waals surface area (Å²) in [7, 11) is 1.70. The Kier molecular flexibility index (Phi) is 6.55. The van der Waals surface area contributed by atoms with Crippen LogP contribution in [0.25, 0.3) is 0 Å². The van der Waals surface area contributed by atoms with Crippen molar-refractivity contribution >= 4 is 23.4 Å². The first-order chi connectivity index (χ1) is 17.0. The molecule has 1 aliphatic heterocycles. The molecule has 0 aliphatic carbocycles. The maximum absolute atomic E-state index is 13.5. The Morgan fingerprint density at radius 2 is 1.80 bits per heavy atom. The lowest BCUT2D eigenvalue weighted by Crippen LogP contribution is -2.42. The number of ether oxygens (including phenoxy) is 1. The zero-order chi connectivity index (χ0) is 24.4. The molecule has 5 rings (SSSR count). The predicted molar refractivity (Wildman–Crippen MR) is 140 cm³/mol. The van der Waals surface area contributed by atoms with Crippen LogP contribution in [0.2, 0.25) is 0 Å². The number of aryl methyl sites for hydroxylation is 2. The van der Waals surface area contributed by atoms with Crippen molar-refractivity contribution in [3.05, 3.63) is 113 Å². The minimum absolute atomic E-state index is 0.0250. The van der Waals surface area contributed by atoms with Gasteiger partial charge in [0, 0.05) is 21.9 Å². The predicted octanol–water partition coefficient (Wildman–Crippen LogP) is 6.96. The average molecular weight is 485 g/mol. The van der Waals surface area contributed by atoms with Crippen molar-refractivity contribution in [3.8, 4) is 5.75 Å². The van der Waals surface area contributed by atoms with Gasteiger partial charge >= 0.3 is 0 Å². The third-order valence-corrected chi connectivity index (χ3v) is 7.72. The summed E-state index contributed by atoms with van der Waals surface area (Å²) in [4.78, 5) is 16.7. The number of nitrogens with zero attached hydrogens (tertiary/aromatic N) is 1. The summed E-state index contributed by atoms with van der Waals surface area (Å²) in [6, 6.07) is 23.9. The van der Waals surface area contributed by atoms with Crippen LogP contribution in [0.1, 0.15) is 44.5 Å². The first-order valence-corrected chi connectivity index (χ1v) is 12.6. The summed E-state index contributed by atoms with van der Waals surface area (Å²) in [5, 5.41) is 3.58. The summed E-state index contributed by atoms with van der Waals surface area (Å²) >= 11 is 1.81. The number of thioether (sulfide) groups is 1. The van der Waals surface area contributed by atoms with Crippen molar-refractivity contribution in [3.63, 3.8) is 0 Å². The first kappa shape index (κ1) is 23.1. The molecule has 0 fully saturated rings. The Morgan fingerprint density at radius 3 is 2.54 bits per heavy atom. The van der Waals surface area contributed by atoms with E-state index >= 15 is 0 Å². The van der Waals surface area contributed by atoms with Crippen molar-refractivity contribution in [2.45, 2.75) is 37.2 Å². The highest BCUT2D eigenvalue weighted by Gasteiger charge is 2.33. The quantitative estimate of drug-likeness (QED) is 0.287. The molecule has 5 nitrogen and oxygen atoms in total. The molecular formula is C29H28N2O3S. The number of hydrogen-bond donors (Lipinski definition) is 1. The maximum atomic E-state index is 13.5. The highest BCUT2D eigenvalue weighted by Crippen LogP contribution is 2.38. The Labute approximate surface area is 210 Å². The van der Waals surface area contributed by atoms with Gasteiger partial charge in [-0.2, -0.15) is 0 Å². The van der Waals surface area contributed by atoms with Gasteiger partial charge in [-0.15, -0.1) is 11.8 Å². The lowest BCUT2D eigenvalue weighted by atomic mass is 10.0. The highest BCUT2D eigenvalue weighted by atomic mass is 32.2. The third-order valence-electron chi connectivity index (χ3n) is 6.33. The lowest BCUT2D eigenvalue weighted by Gasteiger charge is -2.38. The van der Waals surface area contributed by atoms with Crippen LogP contribution in [0, 0.1) is 13.8 Å². The maximum Gasteiger partial charge on any atom is 0.258 e. The van der Waals surface area contributed by atoms with Crippen molar-refractivity contribution < 1.29 is 13.9 Å². The number of anilines is 1. The van der Waals surface area contributed by atoms with Gasteiger partial charge in [0.2, 0.25) is 0 Å². The van der Waals surface area contributed by atoms with Crippen LogP contribution in [-0.4, -0.2) is 17.9 Å². The minimum Gasteiger partial charge on any atom is -0.496 e. The molecule has 0 bridgehead atoms. The fourth-order valence-corrected chi connectivity index (χ4v) is 5.66. The molecule has 3 aromatic carbocycles. The number of fused-ring (bicyclic) bond motifs is 1. The second kappa shape index (κ2) is 9.92. The van der Waals surface area contributed by atoms with Crippen LogP contribution < -0.4 is 10.1 Å². The minimum atomic E-state index is -0.336. The largest absolute Gasteiger partial charge is 0.496 e. The normalized spacial score (nSPS) is 15.0. The van der Waals surface area contributed by atoms with Crippen LogP contribution in [-0.2, 0) is 12.3 Å². The first-order valence-electron chi connectivity index (χ1n) is 11.6. The van der Waals surface area contributed by atoms with Crippen molar-refractivity contribution in [2.24, 2.45) is 0 Å². The number of rotatable bonds is 7. The summed E-state index contributed by atoms with van der Waals surface area (Å²) in [5.74, 6) is 2.32. The molecule has 4 aromatic rings. The van der Waals surface area contributed by atoms with Crippen LogP contribution in [0.4, 0.5) is 5.69 Å². The van der Waals surface area contributed by atoms with Crippen LogP contribution >= 0.6 is 11.8 Å². The van der Waals surface area contributed by atoms with E-state index in [0.717, 1.165) is 34.1 Å². The molecule has 1 atom stereocenters. The molecule has 6 heteroatoms. The van der Waals surface area contributed by atoms with E-state index < -0.39 is 0 Å². The van der Waals surface area contributed by atoms with Crippen molar-refractivity contribution in [2.75, 3.05) is 12.4 Å². The Hall–Kier alpha value is -3.64. The topological polar surface area (TPSA) is 54.7 Å². The Bertz CT molecular complexity index is 1330. The number of hydrogen-bond acceptors (Lipinski definition) is 5. The van der Waals surface area contributed by atoms with Gasteiger partial charge in [0.05, 0.1) is 25.5 Å². The van der Waals surface area contributed by atoms with Crippen molar-refractivity contribution in [1.82, 2.24) is 4.90 Å². The molecule has 0 saturated carbocycles. The van der Waals surface area contributed by atoms with Gasteiger partial charge in [-0.1, -0.05) is 36.4 Å². The molecule has 1 amide bonds. The Balaban J connectivity index is 1.50. The van der Waals surface area contributed by atoms with Crippen molar-refractivity contribution in [1.29, 1.82) is 0 Å². The van der Waals surface area contributed by atoms with E-state index in [1.807, 2.05) is 65.2 Å². The van der Waals surface area contributed by atoms with Gasteiger partial charge in [0.15, 0.2) is 0 Å². The number of methoxy groups -OCH3 is 1. The number of furan rings is 1. The van der Waals surface area contributed by atoms with Crippen LogP contribution in [0.3, 0.4) is 0 Å². The third kappa shape index (κ3) is 4.66. The molecule has 178 valence electrons. The molecule has 0 radical (unpaired) electrons. The van der Waals surface area contributed by atoms with E-state index in [0.29, 0.717) is 12.1 Å². The molecule has 0 saturated heterocycles. The lowest BCUT2D eigenvalue weighted by molar-refractivity contribution is 0.0651. The number of carbonyl (C=O) groups is 1. The zero-order valence-corrected chi connectivity index (χ0v) is 20.9. The van der Waals surface area contributed by atoms with Crippen LogP contribution in [0.15, 0.2) is 88.4 Å². The SMILES string of the molecule is COc1ccc(C2Nc3ccccc3C(=O)N2Cc2ccco2)cc1CSc1c(C)cccc1C. The van der Waals surface area contributed by atoms with E-state index in [1.165, 1.54) is 16.0 Å². The van der Waals surface area contributed by atoms with Gasteiger partial charge < -0.3 is 19.4 Å². The summed E-state index contributed by atoms with van der Waals surface area (Å²) in [6.45, 7) is 4.66. The van der Waals surface area contributed by atoms with E-state index in [2.05, 4.69) is 43.4 Å². The zero-order valence-electron chi connectivity index (χ0n) is 20.1. The molecule has 35 heavy (non-hydrogen) atoms. The van der Waals surface area contributed by atoms with E-state index in [1.54, 1.807) is 13.4 Å². The van der Waals surface area contributed by atoms with Gasteiger partial charge in [-0.3, -0.25) is 4.79 Å². The highest BCUT2D eigenvalue weighted by molar-refractivity contribution is 7.98. The number of benzene rings is 3. The molecular weight excluding hydrogens is 456 g/mol. The van der Waals surface area contributed by atoms with Gasteiger partial charge in [-0.05, 0) is 66.9 Å². The number of nitrogens with one attached hydrogen (secondary N) is 1. The number of amides is 1. The molecule has 1 N–H and O–H groups in total. The van der Waals surface area contributed by atoms with E-state index in [-0.39, 0.29) is 12.1 Å². The number of carbonyl (C=O) groups excluding carboxylic acids is 1. The molecule has 0 spiro atoms. The molecule has 1 unspecified atom stereocenters. The summed E-state index contributed by atoms with van der Waals surface area (Å²) < 4.78 is 11.3. The second-order valence-corrected chi connectivity index (χ2v) is 9.67. The number of para-hydroxylation sites is 1. The van der Waals surface area contributed by atoms with Gasteiger partial charge in [0.1, 0.15) is 17.7 Å². The standard InChI is InChI=1S/C29H28N2O3S/c1-19-8-6-9-20(2)27(19)35-18-22-16-21(13-14-26(22)33-3)28-30-25-12-5-4-11-24(25)29(32)31(28)17-23-10-7-15-34-23/h4-16,28,30H,17-18H2,1-3H3. The van der Waals surface area contributed by atoms with Crippen LogP contribution in [0.5, 0.6) is 5.75 Å². The fourth-order valence-electron chi connectivity index (χ4n) is 4.55. The van der Waals surface area contributed by atoms with Gasteiger partial charge in [-0.25, -0.2) is 0 Å². The second-order valence-electron chi connectivity index (χ2n) is 8.69. The molecule has 1 aliphatic rings.